The second-order valence-corrected chi connectivity index (χ2v) is 4.88. The third-order valence-electron chi connectivity index (χ3n) is 3.30. The van der Waals surface area contributed by atoms with Crippen LogP contribution in [-0.2, 0) is 27.3 Å². The number of rotatable bonds is 4. The predicted molar refractivity (Wildman–Crippen MR) is 70.8 cm³/mol. The lowest BCUT2D eigenvalue weighted by Crippen LogP contribution is -2.56. The average molecular weight is 276 g/mol. The highest BCUT2D eigenvalue weighted by Gasteiger charge is 2.29. The molecule has 1 aromatic rings. The van der Waals surface area contributed by atoms with Crippen molar-refractivity contribution in [3.05, 3.63) is 35.4 Å². The smallest absolute Gasteiger partial charge is 0.307 e. The zero-order chi connectivity index (χ0) is 14.7. The molecule has 2 rings (SSSR count). The lowest BCUT2D eigenvalue weighted by molar-refractivity contribution is -0.140. The maximum Gasteiger partial charge on any atom is 0.307 e. The van der Waals surface area contributed by atoms with E-state index in [2.05, 4.69) is 5.32 Å². The van der Waals surface area contributed by atoms with Crippen molar-refractivity contribution in [2.75, 3.05) is 6.54 Å². The van der Waals surface area contributed by atoms with E-state index in [0.29, 0.717) is 6.54 Å². The van der Waals surface area contributed by atoms with Gasteiger partial charge in [-0.25, -0.2) is 0 Å². The Morgan fingerprint density at radius 3 is 2.50 bits per heavy atom. The Hall–Kier alpha value is -2.21. The Labute approximate surface area is 116 Å². The first-order chi connectivity index (χ1) is 9.45. The fourth-order valence-corrected chi connectivity index (χ4v) is 2.13. The van der Waals surface area contributed by atoms with Gasteiger partial charge in [-0.15, -0.1) is 0 Å². The van der Waals surface area contributed by atoms with Crippen LogP contribution in [0.2, 0.25) is 0 Å². The van der Waals surface area contributed by atoms with Crippen LogP contribution in [0.1, 0.15) is 18.1 Å². The highest BCUT2D eigenvalue weighted by atomic mass is 16.4. The largest absolute Gasteiger partial charge is 0.481 e. The number of hydrogen-bond acceptors (Lipinski definition) is 4. The first-order valence-corrected chi connectivity index (χ1v) is 6.33. The zero-order valence-corrected chi connectivity index (χ0v) is 11.1. The summed E-state index contributed by atoms with van der Waals surface area (Å²) in [5, 5.41) is 11.0. The number of carbonyl (C=O) groups is 3. The summed E-state index contributed by atoms with van der Waals surface area (Å²) in [6.07, 6.45) is -0.0126. The average Bonchev–Trinajstić information content (AvgIpc) is 2.37. The monoisotopic (exact) mass is 276 g/mol. The molecular weight excluding hydrogens is 260 g/mol. The summed E-state index contributed by atoms with van der Waals surface area (Å²) in [6.45, 7) is 2.41. The van der Waals surface area contributed by atoms with Crippen molar-refractivity contribution in [3.63, 3.8) is 0 Å². The van der Waals surface area contributed by atoms with E-state index in [9.17, 15) is 14.4 Å². The molecule has 1 aliphatic heterocycles. The number of hydrogen-bond donors (Lipinski definition) is 2. The summed E-state index contributed by atoms with van der Waals surface area (Å²) in [4.78, 5) is 35.3. The second kappa shape index (κ2) is 5.83. The lowest BCUT2D eigenvalue weighted by atomic mass is 10.1. The molecule has 1 atom stereocenters. The summed E-state index contributed by atoms with van der Waals surface area (Å²) >= 11 is 0. The third-order valence-corrected chi connectivity index (χ3v) is 3.30. The van der Waals surface area contributed by atoms with Gasteiger partial charge >= 0.3 is 5.97 Å². The maximum absolute atomic E-state index is 11.5. The molecule has 0 saturated carbocycles. The van der Waals surface area contributed by atoms with Gasteiger partial charge in [0.1, 0.15) is 0 Å². The van der Waals surface area contributed by atoms with Gasteiger partial charge in [-0.1, -0.05) is 24.3 Å². The van der Waals surface area contributed by atoms with Crippen LogP contribution in [0.15, 0.2) is 24.3 Å². The minimum atomic E-state index is -0.871. The fourth-order valence-electron chi connectivity index (χ4n) is 2.13. The van der Waals surface area contributed by atoms with Gasteiger partial charge in [0.15, 0.2) is 0 Å². The van der Waals surface area contributed by atoms with E-state index >= 15 is 0 Å². The molecule has 1 heterocycles. The first kappa shape index (κ1) is 14.2. The van der Waals surface area contributed by atoms with Crippen molar-refractivity contribution < 1.29 is 19.5 Å². The van der Waals surface area contributed by atoms with Gasteiger partial charge in [0.2, 0.25) is 11.8 Å². The maximum atomic E-state index is 11.5. The Kier molecular flexibility index (Phi) is 4.14. The summed E-state index contributed by atoms with van der Waals surface area (Å²) in [6, 6.07) is 6.79. The quantitative estimate of drug-likeness (QED) is 0.765. The molecular formula is C14H16N2O4. The number of benzene rings is 1. The van der Waals surface area contributed by atoms with Gasteiger partial charge in [0.25, 0.3) is 0 Å². The second-order valence-electron chi connectivity index (χ2n) is 4.88. The molecule has 1 saturated heterocycles. The molecule has 0 aromatic heterocycles. The van der Waals surface area contributed by atoms with Crippen LogP contribution >= 0.6 is 0 Å². The van der Waals surface area contributed by atoms with E-state index in [1.54, 1.807) is 24.0 Å². The topological polar surface area (TPSA) is 86.7 Å². The van der Waals surface area contributed by atoms with Crippen LogP contribution in [0, 0.1) is 0 Å². The van der Waals surface area contributed by atoms with Crippen molar-refractivity contribution in [1.82, 2.24) is 10.2 Å². The Morgan fingerprint density at radius 2 is 1.90 bits per heavy atom. The number of amides is 2. The minimum absolute atomic E-state index is 0.0126. The first-order valence-electron chi connectivity index (χ1n) is 6.33. The van der Waals surface area contributed by atoms with Crippen molar-refractivity contribution in [2.45, 2.75) is 25.9 Å². The van der Waals surface area contributed by atoms with Gasteiger partial charge in [-0.05, 0) is 18.1 Å². The van der Waals surface area contributed by atoms with E-state index in [4.69, 9.17) is 5.11 Å². The molecule has 0 spiro atoms. The molecule has 0 bridgehead atoms. The Bertz CT molecular complexity index is 539. The van der Waals surface area contributed by atoms with E-state index in [1.165, 1.54) is 0 Å². The molecule has 1 fully saturated rings. The Morgan fingerprint density at radius 1 is 1.30 bits per heavy atom. The molecule has 6 nitrogen and oxygen atoms in total. The van der Waals surface area contributed by atoms with E-state index in [0.717, 1.165) is 11.1 Å². The normalized spacial score (nSPS) is 19.8. The summed E-state index contributed by atoms with van der Waals surface area (Å²) in [5.74, 6) is -1.45. The van der Waals surface area contributed by atoms with Crippen LogP contribution in [-0.4, -0.2) is 40.4 Å². The number of imide groups is 1. The molecule has 0 aliphatic carbocycles. The Balaban J connectivity index is 2.03. The van der Waals surface area contributed by atoms with Gasteiger partial charge in [-0.2, -0.15) is 0 Å². The standard InChI is InChI=1S/C14H16N2O4/c1-9-14(20)15-12(17)8-16(9)7-11-4-2-10(3-5-11)6-13(18)19/h2-5,9H,6-8H2,1H3,(H,18,19)(H,15,17,20). The molecule has 2 amide bonds. The number of carboxylic acids is 1. The lowest BCUT2D eigenvalue weighted by Gasteiger charge is -2.31. The fraction of sp³-hybridized carbons (Fsp3) is 0.357. The molecule has 6 heteroatoms. The highest BCUT2D eigenvalue weighted by Crippen LogP contribution is 2.12. The van der Waals surface area contributed by atoms with Gasteiger partial charge in [-0.3, -0.25) is 24.6 Å². The van der Waals surface area contributed by atoms with Gasteiger partial charge in [0.05, 0.1) is 19.0 Å². The van der Waals surface area contributed by atoms with Crippen LogP contribution in [0.3, 0.4) is 0 Å². The van der Waals surface area contributed by atoms with Crippen molar-refractivity contribution >= 4 is 17.8 Å². The van der Waals surface area contributed by atoms with Crippen LogP contribution < -0.4 is 5.32 Å². The van der Waals surface area contributed by atoms with Gasteiger partial charge in [0, 0.05) is 6.54 Å². The number of carboxylic acid groups (broad SMARTS) is 1. The van der Waals surface area contributed by atoms with E-state index in [-0.39, 0.29) is 30.8 Å². The zero-order valence-electron chi connectivity index (χ0n) is 11.1. The van der Waals surface area contributed by atoms with Gasteiger partial charge < -0.3 is 5.11 Å². The molecule has 20 heavy (non-hydrogen) atoms. The summed E-state index contributed by atoms with van der Waals surface area (Å²) in [5.41, 5.74) is 1.66. The van der Waals surface area contributed by atoms with Crippen LogP contribution in [0.25, 0.3) is 0 Å². The highest BCUT2D eigenvalue weighted by molar-refractivity contribution is 6.00. The number of aliphatic carboxylic acids is 1. The van der Waals surface area contributed by atoms with Crippen molar-refractivity contribution in [3.8, 4) is 0 Å². The third kappa shape index (κ3) is 3.42. The van der Waals surface area contributed by atoms with E-state index < -0.39 is 5.97 Å². The molecule has 2 N–H and O–H groups in total. The predicted octanol–water partition coefficient (Wildman–Crippen LogP) is 0.161. The van der Waals surface area contributed by atoms with Crippen molar-refractivity contribution in [1.29, 1.82) is 0 Å². The van der Waals surface area contributed by atoms with Crippen LogP contribution in [0.4, 0.5) is 0 Å². The number of piperazine rings is 1. The summed E-state index contributed by atoms with van der Waals surface area (Å²) < 4.78 is 0. The minimum Gasteiger partial charge on any atom is -0.481 e. The summed E-state index contributed by atoms with van der Waals surface area (Å²) in [7, 11) is 0. The number of nitrogens with one attached hydrogen (secondary N) is 1. The number of carbonyl (C=O) groups excluding carboxylic acids is 2. The molecule has 1 unspecified atom stereocenters. The molecule has 0 radical (unpaired) electrons. The SMILES string of the molecule is CC1C(=O)NC(=O)CN1Cc1ccc(CC(=O)O)cc1. The number of nitrogens with zero attached hydrogens (tertiary/aromatic N) is 1. The molecule has 1 aromatic carbocycles. The molecule has 106 valence electrons. The van der Waals surface area contributed by atoms with Crippen molar-refractivity contribution in [2.24, 2.45) is 0 Å². The van der Waals surface area contributed by atoms with Crippen LogP contribution in [0.5, 0.6) is 0 Å². The molecule has 1 aliphatic rings. The van der Waals surface area contributed by atoms with E-state index in [1.807, 2.05) is 12.1 Å².